The van der Waals surface area contributed by atoms with Gasteiger partial charge in [0.2, 0.25) is 0 Å². The molecule has 0 heterocycles. The Kier molecular flexibility index (Phi) is 5.73. The maximum Gasteiger partial charge on any atom is 0.127 e. The Morgan fingerprint density at radius 3 is 2.80 bits per heavy atom. The van der Waals surface area contributed by atoms with Crippen molar-refractivity contribution in [1.29, 1.82) is 0 Å². The van der Waals surface area contributed by atoms with Crippen molar-refractivity contribution in [2.45, 2.75) is 25.9 Å². The number of thioether (sulfide) groups is 1. The summed E-state index contributed by atoms with van der Waals surface area (Å²) < 4.78 is 13.2. The number of nitrogens with one attached hydrogen (secondary N) is 1. The molecule has 15 heavy (non-hydrogen) atoms. The van der Waals surface area contributed by atoms with Crippen LogP contribution in [0.1, 0.15) is 18.9 Å². The smallest absolute Gasteiger partial charge is 0.127 e. The SMILES string of the molecule is CSCCC(C)NCc1ccccc1F. The van der Waals surface area contributed by atoms with Crippen LogP contribution in [-0.2, 0) is 6.54 Å². The van der Waals surface area contributed by atoms with Crippen LogP contribution in [0.25, 0.3) is 0 Å². The van der Waals surface area contributed by atoms with Gasteiger partial charge in [0.05, 0.1) is 0 Å². The number of hydrogen-bond acceptors (Lipinski definition) is 2. The maximum absolute atomic E-state index is 13.2. The van der Waals surface area contributed by atoms with Crippen LogP contribution < -0.4 is 5.32 Å². The number of halogens is 1. The average molecular weight is 227 g/mol. The minimum absolute atomic E-state index is 0.123. The van der Waals surface area contributed by atoms with Gasteiger partial charge in [-0.05, 0) is 31.4 Å². The minimum Gasteiger partial charge on any atom is -0.310 e. The quantitative estimate of drug-likeness (QED) is 0.801. The second kappa shape index (κ2) is 6.85. The molecule has 1 nitrogen and oxygen atoms in total. The van der Waals surface area contributed by atoms with Crippen molar-refractivity contribution in [3.8, 4) is 0 Å². The van der Waals surface area contributed by atoms with E-state index >= 15 is 0 Å². The van der Waals surface area contributed by atoms with Crippen molar-refractivity contribution in [3.05, 3.63) is 35.6 Å². The summed E-state index contributed by atoms with van der Waals surface area (Å²) in [6.45, 7) is 2.75. The molecule has 1 atom stereocenters. The molecular weight excluding hydrogens is 209 g/mol. The van der Waals surface area contributed by atoms with E-state index < -0.39 is 0 Å². The van der Waals surface area contributed by atoms with Crippen LogP contribution in [0.4, 0.5) is 4.39 Å². The lowest BCUT2D eigenvalue weighted by Gasteiger charge is -2.13. The molecule has 0 saturated carbocycles. The molecule has 0 aliphatic carbocycles. The normalized spacial score (nSPS) is 12.7. The second-order valence-corrected chi connectivity index (χ2v) is 4.64. The molecule has 0 aliphatic rings. The first kappa shape index (κ1) is 12.5. The Balaban J connectivity index is 2.33. The summed E-state index contributed by atoms with van der Waals surface area (Å²) in [5.41, 5.74) is 0.744. The van der Waals surface area contributed by atoms with E-state index in [1.165, 1.54) is 6.07 Å². The molecule has 1 aromatic rings. The van der Waals surface area contributed by atoms with E-state index in [9.17, 15) is 4.39 Å². The summed E-state index contributed by atoms with van der Waals surface area (Å²) in [4.78, 5) is 0. The zero-order chi connectivity index (χ0) is 11.1. The van der Waals surface area contributed by atoms with Crippen molar-refractivity contribution < 1.29 is 4.39 Å². The molecule has 0 spiro atoms. The highest BCUT2D eigenvalue weighted by molar-refractivity contribution is 7.98. The van der Waals surface area contributed by atoms with Crippen LogP contribution in [0.5, 0.6) is 0 Å². The first-order chi connectivity index (χ1) is 7.24. The van der Waals surface area contributed by atoms with E-state index in [1.807, 2.05) is 23.9 Å². The third-order valence-electron chi connectivity index (χ3n) is 2.35. The van der Waals surface area contributed by atoms with Gasteiger partial charge in [-0.1, -0.05) is 18.2 Å². The Labute approximate surface area is 95.5 Å². The summed E-state index contributed by atoms with van der Waals surface area (Å²) in [7, 11) is 0. The molecule has 0 saturated heterocycles. The average Bonchev–Trinajstić information content (AvgIpc) is 2.25. The van der Waals surface area contributed by atoms with Crippen molar-refractivity contribution in [2.24, 2.45) is 0 Å². The molecule has 3 heteroatoms. The fourth-order valence-electron chi connectivity index (χ4n) is 1.32. The van der Waals surface area contributed by atoms with Crippen LogP contribution in [0, 0.1) is 5.82 Å². The monoisotopic (exact) mass is 227 g/mol. The van der Waals surface area contributed by atoms with E-state index in [-0.39, 0.29) is 5.82 Å². The molecule has 1 aromatic carbocycles. The number of rotatable bonds is 6. The van der Waals surface area contributed by atoms with E-state index in [1.54, 1.807) is 6.07 Å². The van der Waals surface area contributed by atoms with Crippen LogP contribution in [0.15, 0.2) is 24.3 Å². The van der Waals surface area contributed by atoms with Crippen LogP contribution in [-0.4, -0.2) is 18.1 Å². The first-order valence-corrected chi connectivity index (χ1v) is 6.59. The summed E-state index contributed by atoms with van der Waals surface area (Å²) in [5.74, 6) is 1.02. The lowest BCUT2D eigenvalue weighted by atomic mass is 10.2. The highest BCUT2D eigenvalue weighted by Gasteiger charge is 2.03. The predicted octanol–water partition coefficient (Wildman–Crippen LogP) is 3.06. The van der Waals surface area contributed by atoms with Crippen molar-refractivity contribution in [3.63, 3.8) is 0 Å². The Morgan fingerprint density at radius 2 is 2.13 bits per heavy atom. The summed E-state index contributed by atoms with van der Waals surface area (Å²) in [6.07, 6.45) is 3.22. The topological polar surface area (TPSA) is 12.0 Å². The lowest BCUT2D eigenvalue weighted by molar-refractivity contribution is 0.519. The standard InChI is InChI=1S/C12H18FNS/c1-10(7-8-15-2)14-9-11-5-3-4-6-12(11)13/h3-6,10,14H,7-9H2,1-2H3. The van der Waals surface area contributed by atoms with Gasteiger partial charge in [-0.15, -0.1) is 0 Å². The molecule has 0 fully saturated rings. The van der Waals surface area contributed by atoms with Crippen LogP contribution >= 0.6 is 11.8 Å². The third kappa shape index (κ3) is 4.67. The van der Waals surface area contributed by atoms with Gasteiger partial charge in [0.15, 0.2) is 0 Å². The van der Waals surface area contributed by atoms with Gasteiger partial charge in [-0.3, -0.25) is 0 Å². The zero-order valence-electron chi connectivity index (χ0n) is 9.29. The Morgan fingerprint density at radius 1 is 1.40 bits per heavy atom. The summed E-state index contributed by atoms with van der Waals surface area (Å²) in [6, 6.07) is 7.35. The molecule has 0 aliphatic heterocycles. The number of hydrogen-bond donors (Lipinski definition) is 1. The molecule has 1 rings (SSSR count). The van der Waals surface area contributed by atoms with Gasteiger partial charge in [-0.2, -0.15) is 11.8 Å². The molecule has 1 unspecified atom stereocenters. The highest BCUT2D eigenvalue weighted by Crippen LogP contribution is 2.07. The minimum atomic E-state index is -0.123. The zero-order valence-corrected chi connectivity index (χ0v) is 10.1. The fraction of sp³-hybridized carbons (Fsp3) is 0.500. The maximum atomic E-state index is 13.2. The van der Waals surface area contributed by atoms with Crippen LogP contribution in [0.2, 0.25) is 0 Å². The van der Waals surface area contributed by atoms with Gasteiger partial charge in [0.25, 0.3) is 0 Å². The molecule has 0 bridgehead atoms. The molecule has 1 N–H and O–H groups in total. The summed E-state index contributed by atoms with van der Waals surface area (Å²) >= 11 is 1.84. The van der Waals surface area contributed by atoms with Crippen LogP contribution in [0.3, 0.4) is 0 Å². The lowest BCUT2D eigenvalue weighted by Crippen LogP contribution is -2.26. The van der Waals surface area contributed by atoms with Gasteiger partial charge in [0.1, 0.15) is 5.82 Å². The van der Waals surface area contributed by atoms with Gasteiger partial charge < -0.3 is 5.32 Å². The van der Waals surface area contributed by atoms with Crippen molar-refractivity contribution in [2.75, 3.05) is 12.0 Å². The van der Waals surface area contributed by atoms with Gasteiger partial charge >= 0.3 is 0 Å². The predicted molar refractivity (Wildman–Crippen MR) is 65.7 cm³/mol. The van der Waals surface area contributed by atoms with E-state index in [2.05, 4.69) is 18.5 Å². The fourth-order valence-corrected chi connectivity index (χ4v) is 1.91. The van der Waals surface area contributed by atoms with E-state index in [4.69, 9.17) is 0 Å². The largest absolute Gasteiger partial charge is 0.310 e. The van der Waals surface area contributed by atoms with E-state index in [0.29, 0.717) is 12.6 Å². The second-order valence-electron chi connectivity index (χ2n) is 3.65. The Hall–Kier alpha value is -0.540. The molecule has 0 aromatic heterocycles. The van der Waals surface area contributed by atoms with Crippen molar-refractivity contribution >= 4 is 11.8 Å². The number of benzene rings is 1. The van der Waals surface area contributed by atoms with Gasteiger partial charge in [-0.25, -0.2) is 4.39 Å². The first-order valence-electron chi connectivity index (χ1n) is 5.19. The third-order valence-corrected chi connectivity index (χ3v) is 3.00. The summed E-state index contributed by atoms with van der Waals surface area (Å²) in [5, 5.41) is 3.32. The molecule has 0 radical (unpaired) electrons. The van der Waals surface area contributed by atoms with Gasteiger partial charge in [0, 0.05) is 18.2 Å². The Bertz CT molecular complexity index is 291. The highest BCUT2D eigenvalue weighted by atomic mass is 32.2. The molecule has 0 amide bonds. The molecular formula is C12H18FNS. The molecule has 84 valence electrons. The van der Waals surface area contributed by atoms with Crippen molar-refractivity contribution in [1.82, 2.24) is 5.32 Å². The van der Waals surface area contributed by atoms with E-state index in [0.717, 1.165) is 17.7 Å².